The Morgan fingerprint density at radius 1 is 1.19 bits per heavy atom. The van der Waals surface area contributed by atoms with E-state index < -0.39 is 0 Å². The van der Waals surface area contributed by atoms with E-state index in [2.05, 4.69) is 28.8 Å². The highest BCUT2D eigenvalue weighted by Gasteiger charge is 2.09. The van der Waals surface area contributed by atoms with Gasteiger partial charge in [0.25, 0.3) is 0 Å². The molecule has 0 unspecified atom stereocenters. The monoisotopic (exact) mass is 230 g/mol. The summed E-state index contributed by atoms with van der Waals surface area (Å²) < 4.78 is 0. The Morgan fingerprint density at radius 3 is 2.38 bits per heavy atom. The molecule has 0 saturated carbocycles. The lowest BCUT2D eigenvalue weighted by Crippen LogP contribution is -1.88. The molecule has 5 heteroatoms. The summed E-state index contributed by atoms with van der Waals surface area (Å²) in [4.78, 5) is 13.7. The Kier molecular flexibility index (Phi) is 2.93. The maximum absolute atomic E-state index is 8.63. The van der Waals surface area contributed by atoms with Crippen molar-refractivity contribution in [3.8, 4) is 16.9 Å². The van der Waals surface area contributed by atoms with Crippen LogP contribution in [0, 0.1) is 11.3 Å². The van der Waals surface area contributed by atoms with Gasteiger partial charge < -0.3 is 0 Å². The van der Waals surface area contributed by atoms with E-state index in [9.17, 15) is 0 Å². The summed E-state index contributed by atoms with van der Waals surface area (Å²) in [7, 11) is 0. The molecule has 0 radical (unpaired) electrons. The summed E-state index contributed by atoms with van der Waals surface area (Å²) in [6.07, 6.45) is 4.88. The largest absolute Gasteiger partial charge is 0.241 e. The van der Waals surface area contributed by atoms with Crippen molar-refractivity contribution < 1.29 is 0 Å². The first-order valence-electron chi connectivity index (χ1n) is 4.89. The highest BCUT2D eigenvalue weighted by molar-refractivity contribution is 7.15. The second-order valence-electron chi connectivity index (χ2n) is 3.63. The standard InChI is InChI=1S/C11H10N4S/c1-7(2)9-6-15-11(16-9)10-13-4-8(3-12)5-14-10/h4-7H,1-2H3. The first kappa shape index (κ1) is 10.7. The van der Waals surface area contributed by atoms with Crippen LogP contribution in [0.5, 0.6) is 0 Å². The van der Waals surface area contributed by atoms with Crippen molar-refractivity contribution in [1.82, 2.24) is 15.0 Å². The number of aromatic nitrogens is 3. The van der Waals surface area contributed by atoms with E-state index in [4.69, 9.17) is 5.26 Å². The predicted octanol–water partition coefficient (Wildman–Crippen LogP) is 2.60. The molecule has 0 spiro atoms. The molecule has 0 aliphatic carbocycles. The van der Waals surface area contributed by atoms with Gasteiger partial charge in [-0.15, -0.1) is 11.3 Å². The molecule has 2 heterocycles. The molecule has 0 saturated heterocycles. The zero-order valence-electron chi connectivity index (χ0n) is 9.01. The van der Waals surface area contributed by atoms with Crippen LogP contribution in [0.2, 0.25) is 0 Å². The van der Waals surface area contributed by atoms with Crippen molar-refractivity contribution in [2.24, 2.45) is 0 Å². The van der Waals surface area contributed by atoms with Gasteiger partial charge in [-0.1, -0.05) is 13.8 Å². The summed E-state index contributed by atoms with van der Waals surface area (Å²) in [5.74, 6) is 1.04. The van der Waals surface area contributed by atoms with Crippen LogP contribution in [0.3, 0.4) is 0 Å². The van der Waals surface area contributed by atoms with Gasteiger partial charge in [0.05, 0.1) is 5.56 Å². The summed E-state index contributed by atoms with van der Waals surface area (Å²) in [5, 5.41) is 9.43. The minimum Gasteiger partial charge on any atom is -0.241 e. The van der Waals surface area contributed by atoms with Crippen molar-refractivity contribution >= 4 is 11.3 Å². The average molecular weight is 230 g/mol. The molecular formula is C11H10N4S. The maximum atomic E-state index is 8.63. The third-order valence-corrected chi connectivity index (χ3v) is 3.36. The van der Waals surface area contributed by atoms with Gasteiger partial charge in [0.2, 0.25) is 0 Å². The van der Waals surface area contributed by atoms with Gasteiger partial charge in [-0.2, -0.15) is 5.26 Å². The molecule has 0 N–H and O–H groups in total. The molecule has 80 valence electrons. The molecule has 0 aliphatic rings. The molecule has 0 amide bonds. The Bertz CT molecular complexity index is 522. The summed E-state index contributed by atoms with van der Waals surface area (Å²) >= 11 is 1.59. The van der Waals surface area contributed by atoms with Gasteiger partial charge in [-0.25, -0.2) is 15.0 Å². The van der Waals surface area contributed by atoms with Crippen LogP contribution in [-0.2, 0) is 0 Å². The fourth-order valence-corrected chi connectivity index (χ4v) is 2.02. The lowest BCUT2D eigenvalue weighted by atomic mass is 10.2. The number of hydrogen-bond donors (Lipinski definition) is 0. The van der Waals surface area contributed by atoms with Gasteiger partial charge in [0.15, 0.2) is 10.8 Å². The molecule has 2 aromatic heterocycles. The summed E-state index contributed by atoms with van der Waals surface area (Å²) in [6.45, 7) is 4.24. The average Bonchev–Trinajstić information content (AvgIpc) is 2.78. The van der Waals surface area contributed by atoms with Crippen LogP contribution in [0.15, 0.2) is 18.6 Å². The lowest BCUT2D eigenvalue weighted by Gasteiger charge is -1.96. The van der Waals surface area contributed by atoms with Crippen LogP contribution in [0.25, 0.3) is 10.8 Å². The van der Waals surface area contributed by atoms with E-state index in [0.29, 0.717) is 17.3 Å². The molecule has 2 aromatic rings. The van der Waals surface area contributed by atoms with Crippen LogP contribution in [0.1, 0.15) is 30.2 Å². The van der Waals surface area contributed by atoms with E-state index in [-0.39, 0.29) is 0 Å². The summed E-state index contributed by atoms with van der Waals surface area (Å²) in [6, 6.07) is 1.99. The SMILES string of the molecule is CC(C)c1cnc(-c2ncc(C#N)cn2)s1. The molecule has 4 nitrogen and oxygen atoms in total. The Morgan fingerprint density at radius 2 is 1.88 bits per heavy atom. The Labute approximate surface area is 97.6 Å². The van der Waals surface area contributed by atoms with Gasteiger partial charge in [0.1, 0.15) is 6.07 Å². The molecule has 0 aromatic carbocycles. The van der Waals surface area contributed by atoms with Crippen molar-refractivity contribution in [3.05, 3.63) is 29.0 Å². The number of rotatable bonds is 2. The molecule has 0 fully saturated rings. The minimum atomic E-state index is 0.462. The predicted molar refractivity (Wildman–Crippen MR) is 61.9 cm³/mol. The number of thiazole rings is 1. The third-order valence-electron chi connectivity index (χ3n) is 2.06. The number of nitriles is 1. The fourth-order valence-electron chi connectivity index (χ4n) is 1.15. The first-order chi connectivity index (χ1) is 7.70. The fraction of sp³-hybridized carbons (Fsp3) is 0.273. The van der Waals surface area contributed by atoms with Gasteiger partial charge >= 0.3 is 0 Å². The highest BCUT2D eigenvalue weighted by Crippen LogP contribution is 2.26. The minimum absolute atomic E-state index is 0.462. The van der Waals surface area contributed by atoms with Gasteiger partial charge in [-0.3, -0.25) is 0 Å². The first-order valence-corrected chi connectivity index (χ1v) is 5.70. The molecule has 0 atom stereocenters. The van der Waals surface area contributed by atoms with E-state index in [1.54, 1.807) is 11.3 Å². The van der Waals surface area contributed by atoms with E-state index in [0.717, 1.165) is 5.01 Å². The second-order valence-corrected chi connectivity index (χ2v) is 4.69. The normalized spacial score (nSPS) is 10.4. The molecule has 2 rings (SSSR count). The zero-order chi connectivity index (χ0) is 11.5. The van der Waals surface area contributed by atoms with Crippen LogP contribution in [0.4, 0.5) is 0 Å². The molecular weight excluding hydrogens is 220 g/mol. The van der Waals surface area contributed by atoms with Crippen LogP contribution >= 0.6 is 11.3 Å². The molecule has 0 aliphatic heterocycles. The Balaban J connectivity index is 2.32. The van der Waals surface area contributed by atoms with Crippen LogP contribution in [-0.4, -0.2) is 15.0 Å². The topological polar surface area (TPSA) is 62.5 Å². The summed E-state index contributed by atoms with van der Waals surface area (Å²) in [5.41, 5.74) is 0.462. The number of hydrogen-bond acceptors (Lipinski definition) is 5. The van der Waals surface area contributed by atoms with Gasteiger partial charge in [-0.05, 0) is 5.92 Å². The van der Waals surface area contributed by atoms with Gasteiger partial charge in [0, 0.05) is 23.5 Å². The number of nitrogens with zero attached hydrogens (tertiary/aromatic N) is 4. The van der Waals surface area contributed by atoms with Crippen molar-refractivity contribution in [1.29, 1.82) is 5.26 Å². The van der Waals surface area contributed by atoms with Crippen molar-refractivity contribution in [3.63, 3.8) is 0 Å². The van der Waals surface area contributed by atoms with Crippen molar-refractivity contribution in [2.45, 2.75) is 19.8 Å². The maximum Gasteiger partial charge on any atom is 0.188 e. The van der Waals surface area contributed by atoms with Crippen LogP contribution < -0.4 is 0 Å². The lowest BCUT2D eigenvalue weighted by molar-refractivity contribution is 0.885. The van der Waals surface area contributed by atoms with E-state index in [1.807, 2.05) is 12.3 Å². The van der Waals surface area contributed by atoms with Crippen molar-refractivity contribution in [2.75, 3.05) is 0 Å². The third kappa shape index (κ3) is 2.07. The zero-order valence-corrected chi connectivity index (χ0v) is 9.82. The smallest absolute Gasteiger partial charge is 0.188 e. The van der Waals surface area contributed by atoms with E-state index in [1.165, 1.54) is 17.3 Å². The molecule has 16 heavy (non-hydrogen) atoms. The highest BCUT2D eigenvalue weighted by atomic mass is 32.1. The van der Waals surface area contributed by atoms with E-state index >= 15 is 0 Å². The quantitative estimate of drug-likeness (QED) is 0.795. The second kappa shape index (κ2) is 4.37. The molecule has 0 bridgehead atoms. The Hall–Kier alpha value is -1.80.